The molecule has 1 unspecified atom stereocenters. The molecule has 0 saturated heterocycles. The first-order chi connectivity index (χ1) is 8.66. The lowest BCUT2D eigenvalue weighted by atomic mass is 9.89. The molecular weight excluding hydrogens is 222 g/mol. The van der Waals surface area contributed by atoms with E-state index < -0.39 is 0 Å². The Kier molecular flexibility index (Phi) is 4.19. The number of nitrogen functional groups attached to an aromatic ring is 1. The molecule has 0 heterocycles. The van der Waals surface area contributed by atoms with Gasteiger partial charge in [0.25, 0.3) is 0 Å². The summed E-state index contributed by atoms with van der Waals surface area (Å²) in [6, 6.07) is 7.83. The number of ketones is 1. The van der Waals surface area contributed by atoms with E-state index >= 15 is 0 Å². The van der Waals surface area contributed by atoms with Crippen molar-refractivity contribution < 1.29 is 4.79 Å². The minimum absolute atomic E-state index is 0.265. The highest BCUT2D eigenvalue weighted by Gasteiger charge is 2.16. The topological polar surface area (TPSA) is 43.1 Å². The van der Waals surface area contributed by atoms with Gasteiger partial charge in [-0.25, -0.2) is 0 Å². The first-order valence-electron chi connectivity index (χ1n) is 6.74. The minimum Gasteiger partial charge on any atom is -0.399 e. The molecule has 0 amide bonds. The van der Waals surface area contributed by atoms with Crippen LogP contribution in [0.25, 0.3) is 0 Å². The predicted octanol–water partition coefficient (Wildman–Crippen LogP) is 3.83. The van der Waals surface area contributed by atoms with Crippen LogP contribution in [-0.2, 0) is 4.79 Å². The van der Waals surface area contributed by atoms with Crippen LogP contribution in [0.4, 0.5) is 5.69 Å². The van der Waals surface area contributed by atoms with Gasteiger partial charge in [-0.1, -0.05) is 25.1 Å². The summed E-state index contributed by atoms with van der Waals surface area (Å²) < 4.78 is 0. The number of hydrogen-bond donors (Lipinski definition) is 1. The Balaban J connectivity index is 1.98. The van der Waals surface area contributed by atoms with Gasteiger partial charge in [0.2, 0.25) is 0 Å². The molecule has 0 spiro atoms. The Morgan fingerprint density at radius 2 is 2.00 bits per heavy atom. The van der Waals surface area contributed by atoms with Crippen molar-refractivity contribution in [3.05, 3.63) is 41.5 Å². The van der Waals surface area contributed by atoms with Gasteiger partial charge in [0.1, 0.15) is 0 Å². The monoisotopic (exact) mass is 243 g/mol. The van der Waals surface area contributed by atoms with E-state index in [-0.39, 0.29) is 5.92 Å². The molecular formula is C16H21NO. The summed E-state index contributed by atoms with van der Waals surface area (Å²) in [6.07, 6.45) is 7.15. The fraction of sp³-hybridized carbons (Fsp3) is 0.438. The van der Waals surface area contributed by atoms with Crippen molar-refractivity contribution in [3.8, 4) is 0 Å². The molecule has 1 aromatic rings. The summed E-state index contributed by atoms with van der Waals surface area (Å²) in [4.78, 5) is 12.2. The molecule has 2 heteroatoms. The van der Waals surface area contributed by atoms with Gasteiger partial charge in [-0.05, 0) is 54.9 Å². The van der Waals surface area contributed by atoms with E-state index in [1.165, 1.54) is 12.0 Å². The molecule has 2 rings (SSSR count). The lowest BCUT2D eigenvalue weighted by molar-refractivity contribution is -0.116. The van der Waals surface area contributed by atoms with Gasteiger partial charge in [-0.2, -0.15) is 0 Å². The average Bonchev–Trinajstić information content (AvgIpc) is 2.40. The Morgan fingerprint density at radius 3 is 2.61 bits per heavy atom. The number of Topliss-reactive ketones (excluding diaryl/α,β-unsaturated/α-hetero) is 1. The van der Waals surface area contributed by atoms with Crippen LogP contribution < -0.4 is 5.73 Å². The standard InChI is InChI=1S/C16H21NO/c1-12(13-7-9-15(17)10-8-13)11-16(18)14-5-3-2-4-6-14/h5,7-10,12H,2-4,6,11,17H2,1H3. The van der Waals surface area contributed by atoms with Crippen LogP contribution in [0.15, 0.2) is 35.9 Å². The second-order valence-corrected chi connectivity index (χ2v) is 5.17. The highest BCUT2D eigenvalue weighted by molar-refractivity contribution is 5.95. The SMILES string of the molecule is CC(CC(=O)C1=CCCCC1)c1ccc(N)cc1. The van der Waals surface area contributed by atoms with Crippen molar-refractivity contribution in [2.45, 2.75) is 44.9 Å². The Bertz CT molecular complexity index is 445. The molecule has 2 N–H and O–H groups in total. The summed E-state index contributed by atoms with van der Waals surface area (Å²) in [7, 11) is 0. The van der Waals surface area contributed by atoms with Crippen LogP contribution in [0.1, 0.15) is 50.5 Å². The second kappa shape index (κ2) is 5.85. The van der Waals surface area contributed by atoms with Crippen molar-refractivity contribution in [2.24, 2.45) is 0 Å². The molecule has 1 aliphatic carbocycles. The quantitative estimate of drug-likeness (QED) is 0.817. The summed E-state index contributed by atoms with van der Waals surface area (Å²) >= 11 is 0. The highest BCUT2D eigenvalue weighted by Crippen LogP contribution is 2.25. The molecule has 96 valence electrons. The molecule has 18 heavy (non-hydrogen) atoms. The highest BCUT2D eigenvalue weighted by atomic mass is 16.1. The summed E-state index contributed by atoms with van der Waals surface area (Å²) in [5, 5.41) is 0. The first kappa shape index (κ1) is 12.9. The zero-order valence-corrected chi connectivity index (χ0v) is 11.0. The normalized spacial score (nSPS) is 17.1. The van der Waals surface area contributed by atoms with Crippen molar-refractivity contribution in [1.82, 2.24) is 0 Å². The zero-order valence-electron chi connectivity index (χ0n) is 11.0. The van der Waals surface area contributed by atoms with Crippen LogP contribution >= 0.6 is 0 Å². The summed E-state index contributed by atoms with van der Waals surface area (Å²) in [6.45, 7) is 2.10. The number of carbonyl (C=O) groups excluding carboxylic acids is 1. The van der Waals surface area contributed by atoms with Gasteiger partial charge in [-0.3, -0.25) is 4.79 Å². The van der Waals surface area contributed by atoms with E-state index in [2.05, 4.69) is 13.0 Å². The predicted molar refractivity (Wildman–Crippen MR) is 75.4 cm³/mol. The average molecular weight is 243 g/mol. The Labute approximate surface area is 109 Å². The molecule has 0 aromatic heterocycles. The lowest BCUT2D eigenvalue weighted by Gasteiger charge is -2.15. The molecule has 0 fully saturated rings. The maximum Gasteiger partial charge on any atom is 0.159 e. The fourth-order valence-electron chi connectivity index (χ4n) is 2.44. The number of carbonyl (C=O) groups is 1. The third kappa shape index (κ3) is 3.22. The van der Waals surface area contributed by atoms with Gasteiger partial charge < -0.3 is 5.73 Å². The third-order valence-corrected chi connectivity index (χ3v) is 3.65. The van der Waals surface area contributed by atoms with Gasteiger partial charge >= 0.3 is 0 Å². The Morgan fingerprint density at radius 1 is 1.28 bits per heavy atom. The number of rotatable bonds is 4. The smallest absolute Gasteiger partial charge is 0.159 e. The van der Waals surface area contributed by atoms with Crippen LogP contribution in [0.5, 0.6) is 0 Å². The lowest BCUT2D eigenvalue weighted by Crippen LogP contribution is -2.09. The van der Waals surface area contributed by atoms with E-state index in [4.69, 9.17) is 5.73 Å². The summed E-state index contributed by atoms with van der Waals surface area (Å²) in [5.74, 6) is 0.583. The van der Waals surface area contributed by atoms with E-state index in [1.54, 1.807) is 0 Å². The number of allylic oxidation sites excluding steroid dienone is 2. The maximum atomic E-state index is 12.2. The molecule has 1 atom stereocenters. The first-order valence-corrected chi connectivity index (χ1v) is 6.74. The van der Waals surface area contributed by atoms with Crippen LogP contribution in [0, 0.1) is 0 Å². The number of anilines is 1. The van der Waals surface area contributed by atoms with Gasteiger partial charge in [0.05, 0.1) is 0 Å². The summed E-state index contributed by atoms with van der Waals surface area (Å²) in [5.41, 5.74) is 8.67. The molecule has 2 nitrogen and oxygen atoms in total. The third-order valence-electron chi connectivity index (χ3n) is 3.65. The minimum atomic E-state index is 0.265. The second-order valence-electron chi connectivity index (χ2n) is 5.17. The van der Waals surface area contributed by atoms with E-state index in [0.29, 0.717) is 12.2 Å². The Hall–Kier alpha value is -1.57. The van der Waals surface area contributed by atoms with Gasteiger partial charge in [-0.15, -0.1) is 0 Å². The van der Waals surface area contributed by atoms with Crippen LogP contribution in [0.3, 0.4) is 0 Å². The zero-order chi connectivity index (χ0) is 13.0. The molecule has 0 aliphatic heterocycles. The van der Waals surface area contributed by atoms with E-state index in [9.17, 15) is 4.79 Å². The fourth-order valence-corrected chi connectivity index (χ4v) is 2.44. The van der Waals surface area contributed by atoms with Crippen molar-refractivity contribution in [1.29, 1.82) is 0 Å². The van der Waals surface area contributed by atoms with Crippen molar-refractivity contribution in [2.75, 3.05) is 5.73 Å². The number of nitrogens with two attached hydrogens (primary N) is 1. The van der Waals surface area contributed by atoms with Crippen molar-refractivity contribution in [3.63, 3.8) is 0 Å². The van der Waals surface area contributed by atoms with E-state index in [1.807, 2.05) is 24.3 Å². The molecule has 0 saturated carbocycles. The number of hydrogen-bond acceptors (Lipinski definition) is 2. The molecule has 0 bridgehead atoms. The van der Waals surface area contributed by atoms with Crippen LogP contribution in [0.2, 0.25) is 0 Å². The van der Waals surface area contributed by atoms with Gasteiger partial charge in [0.15, 0.2) is 5.78 Å². The molecule has 0 radical (unpaired) electrons. The largest absolute Gasteiger partial charge is 0.399 e. The van der Waals surface area contributed by atoms with Crippen LogP contribution in [-0.4, -0.2) is 5.78 Å². The molecule has 1 aliphatic rings. The maximum absolute atomic E-state index is 12.2. The van der Waals surface area contributed by atoms with E-state index in [0.717, 1.165) is 30.5 Å². The van der Waals surface area contributed by atoms with Crippen molar-refractivity contribution >= 4 is 11.5 Å². The van der Waals surface area contributed by atoms with Gasteiger partial charge in [0, 0.05) is 12.1 Å². The molecule has 1 aromatic carbocycles. The number of benzene rings is 1.